The van der Waals surface area contributed by atoms with E-state index in [2.05, 4.69) is 37.8 Å². The lowest BCUT2D eigenvalue weighted by Gasteiger charge is -2.30. The van der Waals surface area contributed by atoms with Gasteiger partial charge < -0.3 is 10.6 Å². The van der Waals surface area contributed by atoms with E-state index in [-0.39, 0.29) is 0 Å². The van der Waals surface area contributed by atoms with Crippen molar-refractivity contribution in [3.05, 3.63) is 23.8 Å². The molecule has 2 nitrogen and oxygen atoms in total. The monoisotopic (exact) mass is 204 g/mol. The van der Waals surface area contributed by atoms with Crippen LogP contribution in [-0.4, -0.2) is 12.1 Å². The van der Waals surface area contributed by atoms with Gasteiger partial charge in [0.15, 0.2) is 0 Å². The molecule has 0 spiro atoms. The van der Waals surface area contributed by atoms with Crippen LogP contribution >= 0.6 is 0 Å². The van der Waals surface area contributed by atoms with E-state index in [0.29, 0.717) is 12.1 Å². The van der Waals surface area contributed by atoms with Crippen molar-refractivity contribution >= 4 is 11.4 Å². The Balaban J connectivity index is 2.40. The zero-order valence-corrected chi connectivity index (χ0v) is 9.83. The Bertz CT molecular complexity index is 350. The Morgan fingerprint density at radius 2 is 1.80 bits per heavy atom. The van der Waals surface area contributed by atoms with Crippen LogP contribution in [0.2, 0.25) is 0 Å². The number of nitrogen functional groups attached to an aromatic ring is 1. The van der Waals surface area contributed by atoms with Gasteiger partial charge in [-0.15, -0.1) is 0 Å². The molecular weight excluding hydrogens is 184 g/mol. The van der Waals surface area contributed by atoms with Gasteiger partial charge in [0.25, 0.3) is 0 Å². The molecule has 0 bridgehead atoms. The van der Waals surface area contributed by atoms with Gasteiger partial charge >= 0.3 is 0 Å². The van der Waals surface area contributed by atoms with Crippen molar-refractivity contribution in [2.75, 3.05) is 10.6 Å². The summed E-state index contributed by atoms with van der Waals surface area (Å²) in [5.74, 6) is 0. The summed E-state index contributed by atoms with van der Waals surface area (Å²) in [5, 5.41) is 0. The average Bonchev–Trinajstić information content (AvgIpc) is 2.52. The third-order valence-electron chi connectivity index (χ3n) is 3.58. The maximum Gasteiger partial charge on any atom is 0.0421 e. The number of nitrogens with zero attached hydrogens (tertiary/aromatic N) is 1. The van der Waals surface area contributed by atoms with Gasteiger partial charge in [-0.1, -0.05) is 6.07 Å². The summed E-state index contributed by atoms with van der Waals surface area (Å²) in [5.41, 5.74) is 9.39. The fourth-order valence-electron chi connectivity index (χ4n) is 2.59. The second-order valence-electron chi connectivity index (χ2n) is 4.67. The summed E-state index contributed by atoms with van der Waals surface area (Å²) in [6.45, 7) is 6.71. The molecule has 1 fully saturated rings. The molecule has 1 saturated heterocycles. The summed E-state index contributed by atoms with van der Waals surface area (Å²) in [6.07, 6.45) is 2.57. The number of rotatable bonds is 1. The van der Waals surface area contributed by atoms with Crippen LogP contribution in [0.5, 0.6) is 0 Å². The lowest BCUT2D eigenvalue weighted by atomic mass is 10.1. The van der Waals surface area contributed by atoms with Crippen LogP contribution in [0.4, 0.5) is 11.4 Å². The normalized spacial score (nSPS) is 25.9. The molecule has 0 aliphatic carbocycles. The molecule has 1 aromatic rings. The fourth-order valence-corrected chi connectivity index (χ4v) is 2.59. The van der Waals surface area contributed by atoms with Crippen LogP contribution in [0, 0.1) is 6.92 Å². The zero-order chi connectivity index (χ0) is 11.0. The Kier molecular flexibility index (Phi) is 2.59. The third-order valence-corrected chi connectivity index (χ3v) is 3.58. The molecule has 1 aliphatic rings. The minimum Gasteiger partial charge on any atom is -0.398 e. The van der Waals surface area contributed by atoms with Crippen LogP contribution < -0.4 is 10.6 Å². The number of benzene rings is 1. The molecular formula is C13H20N2. The Morgan fingerprint density at radius 3 is 2.40 bits per heavy atom. The topological polar surface area (TPSA) is 29.3 Å². The van der Waals surface area contributed by atoms with Gasteiger partial charge in [-0.2, -0.15) is 0 Å². The molecule has 0 aromatic heterocycles. The molecule has 1 aliphatic heterocycles. The zero-order valence-electron chi connectivity index (χ0n) is 9.83. The highest BCUT2D eigenvalue weighted by atomic mass is 15.2. The van der Waals surface area contributed by atoms with E-state index in [0.717, 1.165) is 5.69 Å². The number of nitrogens with two attached hydrogens (primary N) is 1. The van der Waals surface area contributed by atoms with Gasteiger partial charge in [0.2, 0.25) is 0 Å². The predicted octanol–water partition coefficient (Wildman–Crippen LogP) is 2.95. The van der Waals surface area contributed by atoms with Crippen LogP contribution in [-0.2, 0) is 0 Å². The minimum absolute atomic E-state index is 0.639. The SMILES string of the molecule is Cc1c(N)cccc1N1[C@H](C)CC[C@H]1C. The van der Waals surface area contributed by atoms with Gasteiger partial charge in [0.05, 0.1) is 0 Å². The molecule has 2 heteroatoms. The predicted molar refractivity (Wildman–Crippen MR) is 66.2 cm³/mol. The highest BCUT2D eigenvalue weighted by Crippen LogP contribution is 2.34. The first-order chi connectivity index (χ1) is 7.11. The lowest BCUT2D eigenvalue weighted by Crippen LogP contribution is -2.33. The van der Waals surface area contributed by atoms with E-state index in [1.807, 2.05) is 6.07 Å². The summed E-state index contributed by atoms with van der Waals surface area (Å²) >= 11 is 0. The van der Waals surface area contributed by atoms with Gasteiger partial charge in [0.1, 0.15) is 0 Å². The number of anilines is 2. The summed E-state index contributed by atoms with van der Waals surface area (Å²) in [4.78, 5) is 2.51. The van der Waals surface area contributed by atoms with E-state index in [1.165, 1.54) is 24.1 Å². The molecule has 1 heterocycles. The van der Waals surface area contributed by atoms with Gasteiger partial charge in [-0.05, 0) is 51.3 Å². The maximum atomic E-state index is 5.95. The Morgan fingerprint density at radius 1 is 1.20 bits per heavy atom. The fraction of sp³-hybridized carbons (Fsp3) is 0.538. The average molecular weight is 204 g/mol. The molecule has 2 rings (SSSR count). The van der Waals surface area contributed by atoms with Crippen LogP contribution in [0.1, 0.15) is 32.3 Å². The molecule has 2 atom stereocenters. The van der Waals surface area contributed by atoms with Crippen molar-refractivity contribution in [1.82, 2.24) is 0 Å². The smallest absolute Gasteiger partial charge is 0.0421 e. The summed E-state index contributed by atoms with van der Waals surface area (Å²) in [7, 11) is 0. The molecule has 0 saturated carbocycles. The van der Waals surface area contributed by atoms with Gasteiger partial charge in [-0.25, -0.2) is 0 Å². The Labute approximate surface area is 92.1 Å². The second kappa shape index (κ2) is 3.76. The first-order valence-electron chi connectivity index (χ1n) is 5.74. The van der Waals surface area contributed by atoms with Gasteiger partial charge in [0, 0.05) is 23.5 Å². The van der Waals surface area contributed by atoms with Crippen LogP contribution in [0.15, 0.2) is 18.2 Å². The highest BCUT2D eigenvalue weighted by Gasteiger charge is 2.28. The first-order valence-corrected chi connectivity index (χ1v) is 5.74. The van der Waals surface area contributed by atoms with Crippen molar-refractivity contribution in [2.45, 2.75) is 45.7 Å². The highest BCUT2D eigenvalue weighted by molar-refractivity contribution is 5.65. The second-order valence-corrected chi connectivity index (χ2v) is 4.67. The first kappa shape index (κ1) is 10.3. The largest absolute Gasteiger partial charge is 0.398 e. The molecule has 2 N–H and O–H groups in total. The quantitative estimate of drug-likeness (QED) is 0.713. The standard InChI is InChI=1S/C13H20N2/c1-9-7-8-10(2)15(9)13-6-4-5-12(14)11(13)3/h4-6,9-10H,7-8,14H2,1-3H3/t9-,10-/m1/s1. The number of hydrogen-bond acceptors (Lipinski definition) is 2. The van der Waals surface area contributed by atoms with E-state index in [4.69, 9.17) is 5.73 Å². The summed E-state index contributed by atoms with van der Waals surface area (Å²) in [6, 6.07) is 7.49. The lowest BCUT2D eigenvalue weighted by molar-refractivity contribution is 0.692. The maximum absolute atomic E-state index is 5.95. The molecule has 0 radical (unpaired) electrons. The van der Waals surface area contributed by atoms with Crippen molar-refractivity contribution in [2.24, 2.45) is 0 Å². The van der Waals surface area contributed by atoms with E-state index >= 15 is 0 Å². The molecule has 1 aromatic carbocycles. The van der Waals surface area contributed by atoms with Gasteiger partial charge in [-0.3, -0.25) is 0 Å². The number of hydrogen-bond donors (Lipinski definition) is 1. The van der Waals surface area contributed by atoms with E-state index < -0.39 is 0 Å². The van der Waals surface area contributed by atoms with Crippen LogP contribution in [0.3, 0.4) is 0 Å². The summed E-state index contributed by atoms with van der Waals surface area (Å²) < 4.78 is 0. The van der Waals surface area contributed by atoms with E-state index in [9.17, 15) is 0 Å². The Hall–Kier alpha value is -1.18. The van der Waals surface area contributed by atoms with Crippen LogP contribution in [0.25, 0.3) is 0 Å². The van der Waals surface area contributed by atoms with Crippen molar-refractivity contribution in [3.63, 3.8) is 0 Å². The molecule has 82 valence electrons. The molecule has 0 unspecified atom stereocenters. The minimum atomic E-state index is 0.639. The van der Waals surface area contributed by atoms with E-state index in [1.54, 1.807) is 0 Å². The van der Waals surface area contributed by atoms with Crippen molar-refractivity contribution in [3.8, 4) is 0 Å². The molecule has 0 amide bonds. The molecule has 15 heavy (non-hydrogen) atoms. The van der Waals surface area contributed by atoms with Crippen molar-refractivity contribution < 1.29 is 0 Å². The third kappa shape index (κ3) is 1.69. The van der Waals surface area contributed by atoms with Crippen molar-refractivity contribution in [1.29, 1.82) is 0 Å².